The smallest absolute Gasteiger partial charge is 0.235 e. The predicted molar refractivity (Wildman–Crippen MR) is 71.0 cm³/mol. The molecule has 0 aliphatic carbocycles. The van der Waals surface area contributed by atoms with Gasteiger partial charge in [-0.25, -0.2) is 8.42 Å². The summed E-state index contributed by atoms with van der Waals surface area (Å²) >= 11 is 5.95. The Kier molecular flexibility index (Phi) is 3.23. The number of nitrogens with zero attached hydrogens (tertiary/aromatic N) is 1. The molecule has 2 N–H and O–H groups in total. The van der Waals surface area contributed by atoms with Gasteiger partial charge in [-0.3, -0.25) is 4.31 Å². The third-order valence-corrected chi connectivity index (χ3v) is 5.12. The summed E-state index contributed by atoms with van der Waals surface area (Å²) in [5.41, 5.74) is 7.63. The summed E-state index contributed by atoms with van der Waals surface area (Å²) in [6.07, 6.45) is 1.60. The van der Waals surface area contributed by atoms with Crippen LogP contribution in [0.15, 0.2) is 12.1 Å². The third-order valence-electron chi connectivity index (χ3n) is 2.93. The molecule has 1 aromatic carbocycles. The lowest BCUT2D eigenvalue weighted by molar-refractivity contribution is 0.574. The summed E-state index contributed by atoms with van der Waals surface area (Å²) in [4.78, 5) is 0. The molecule has 1 saturated heterocycles. The number of anilines is 2. The van der Waals surface area contributed by atoms with E-state index >= 15 is 0 Å². The van der Waals surface area contributed by atoms with Crippen LogP contribution in [0.25, 0.3) is 0 Å². The molecular formula is C11H15ClN2O2S. The lowest BCUT2D eigenvalue weighted by atomic mass is 10.1. The van der Waals surface area contributed by atoms with E-state index < -0.39 is 10.0 Å². The molecule has 0 atom stereocenters. The zero-order valence-electron chi connectivity index (χ0n) is 9.61. The summed E-state index contributed by atoms with van der Waals surface area (Å²) in [6.45, 7) is 2.36. The molecule has 2 rings (SSSR count). The maximum Gasteiger partial charge on any atom is 0.235 e. The van der Waals surface area contributed by atoms with Crippen LogP contribution in [0.3, 0.4) is 0 Å². The van der Waals surface area contributed by atoms with Gasteiger partial charge in [-0.05, 0) is 37.5 Å². The molecule has 0 aromatic heterocycles. The highest BCUT2D eigenvalue weighted by Gasteiger charge is 2.27. The van der Waals surface area contributed by atoms with Crippen molar-refractivity contribution in [3.05, 3.63) is 22.7 Å². The van der Waals surface area contributed by atoms with Crippen LogP contribution in [0.1, 0.15) is 18.4 Å². The van der Waals surface area contributed by atoms with Crippen molar-refractivity contribution in [3.8, 4) is 0 Å². The Morgan fingerprint density at radius 3 is 2.71 bits per heavy atom. The number of hydrogen-bond donors (Lipinski definition) is 1. The molecule has 0 amide bonds. The van der Waals surface area contributed by atoms with E-state index in [1.54, 1.807) is 12.1 Å². The number of benzene rings is 1. The first kappa shape index (κ1) is 12.5. The van der Waals surface area contributed by atoms with Gasteiger partial charge in [0.1, 0.15) is 0 Å². The lowest BCUT2D eigenvalue weighted by Crippen LogP contribution is -2.38. The van der Waals surface area contributed by atoms with Gasteiger partial charge in [-0.1, -0.05) is 11.6 Å². The van der Waals surface area contributed by atoms with Gasteiger partial charge in [-0.15, -0.1) is 0 Å². The van der Waals surface area contributed by atoms with E-state index in [0.717, 1.165) is 18.4 Å². The van der Waals surface area contributed by atoms with E-state index in [-0.39, 0.29) is 5.75 Å². The summed E-state index contributed by atoms with van der Waals surface area (Å²) in [5.74, 6) is 0.203. The Morgan fingerprint density at radius 1 is 1.35 bits per heavy atom. The molecule has 94 valence electrons. The molecule has 0 bridgehead atoms. The van der Waals surface area contributed by atoms with Crippen LogP contribution in [0.4, 0.5) is 11.4 Å². The number of nitrogens with two attached hydrogens (primary N) is 1. The van der Waals surface area contributed by atoms with Crippen molar-refractivity contribution in [3.63, 3.8) is 0 Å². The van der Waals surface area contributed by atoms with Crippen LogP contribution in [0.5, 0.6) is 0 Å². The second kappa shape index (κ2) is 4.38. The highest BCUT2D eigenvalue weighted by Crippen LogP contribution is 2.32. The fourth-order valence-corrected chi connectivity index (χ4v) is 3.87. The van der Waals surface area contributed by atoms with Gasteiger partial charge >= 0.3 is 0 Å². The minimum absolute atomic E-state index is 0.203. The van der Waals surface area contributed by atoms with Gasteiger partial charge < -0.3 is 5.73 Å². The molecule has 6 heteroatoms. The third kappa shape index (κ3) is 2.35. The van der Waals surface area contributed by atoms with Crippen LogP contribution in [0.2, 0.25) is 5.02 Å². The SMILES string of the molecule is Cc1cc(N)c(Cl)cc1N1CCCCS1(=O)=O. The van der Waals surface area contributed by atoms with Crippen molar-refractivity contribution in [1.29, 1.82) is 0 Å². The molecule has 1 aliphatic rings. The molecule has 0 radical (unpaired) electrons. The molecule has 1 aliphatic heterocycles. The summed E-state index contributed by atoms with van der Waals surface area (Å²) in [7, 11) is -3.19. The molecule has 4 nitrogen and oxygen atoms in total. The van der Waals surface area contributed by atoms with Crippen molar-refractivity contribution in [2.75, 3.05) is 22.3 Å². The van der Waals surface area contributed by atoms with E-state index in [1.165, 1.54) is 4.31 Å². The maximum atomic E-state index is 12.0. The standard InChI is InChI=1S/C11H15ClN2O2S/c1-8-6-10(13)9(12)7-11(8)14-4-2-3-5-17(14,15)16/h6-7H,2-5,13H2,1H3. The lowest BCUT2D eigenvalue weighted by Gasteiger charge is -2.29. The molecule has 0 saturated carbocycles. The number of nitrogen functional groups attached to an aromatic ring is 1. The van der Waals surface area contributed by atoms with Crippen LogP contribution >= 0.6 is 11.6 Å². The summed E-state index contributed by atoms with van der Waals surface area (Å²) < 4.78 is 25.4. The van der Waals surface area contributed by atoms with Gasteiger partial charge in [0.2, 0.25) is 10.0 Å². The van der Waals surface area contributed by atoms with Gasteiger partial charge in [-0.2, -0.15) is 0 Å². The Morgan fingerprint density at radius 2 is 2.06 bits per heavy atom. The van der Waals surface area contributed by atoms with E-state index in [0.29, 0.717) is 22.9 Å². The first-order chi connectivity index (χ1) is 7.92. The Hall–Kier alpha value is -0.940. The van der Waals surface area contributed by atoms with E-state index in [4.69, 9.17) is 17.3 Å². The normalized spacial score (nSPS) is 19.3. The topological polar surface area (TPSA) is 63.4 Å². The fourth-order valence-electron chi connectivity index (χ4n) is 2.02. The average Bonchev–Trinajstić information content (AvgIpc) is 2.23. The monoisotopic (exact) mass is 274 g/mol. The number of halogens is 1. The summed E-state index contributed by atoms with van der Waals surface area (Å²) in [6, 6.07) is 3.34. The molecule has 1 aromatic rings. The molecule has 0 unspecified atom stereocenters. The van der Waals surface area contributed by atoms with Crippen LogP contribution in [-0.4, -0.2) is 20.7 Å². The Labute approximate surface area is 106 Å². The van der Waals surface area contributed by atoms with E-state index in [2.05, 4.69) is 0 Å². The first-order valence-electron chi connectivity index (χ1n) is 5.48. The zero-order chi connectivity index (χ0) is 12.6. The molecule has 0 spiro atoms. The molecule has 17 heavy (non-hydrogen) atoms. The number of aryl methyl sites for hydroxylation is 1. The molecular weight excluding hydrogens is 260 g/mol. The quantitative estimate of drug-likeness (QED) is 0.798. The zero-order valence-corrected chi connectivity index (χ0v) is 11.2. The average molecular weight is 275 g/mol. The van der Waals surface area contributed by atoms with E-state index in [9.17, 15) is 8.42 Å². The van der Waals surface area contributed by atoms with Crippen molar-refractivity contribution in [1.82, 2.24) is 0 Å². The second-order valence-electron chi connectivity index (χ2n) is 4.26. The van der Waals surface area contributed by atoms with Crippen LogP contribution in [-0.2, 0) is 10.0 Å². The van der Waals surface area contributed by atoms with Crippen molar-refractivity contribution in [2.24, 2.45) is 0 Å². The van der Waals surface area contributed by atoms with Crippen LogP contribution in [0, 0.1) is 6.92 Å². The van der Waals surface area contributed by atoms with Crippen molar-refractivity contribution < 1.29 is 8.42 Å². The second-order valence-corrected chi connectivity index (χ2v) is 6.68. The number of sulfonamides is 1. The Balaban J connectivity index is 2.50. The minimum Gasteiger partial charge on any atom is -0.398 e. The predicted octanol–water partition coefficient (Wildman–Crippen LogP) is 2.16. The van der Waals surface area contributed by atoms with Gasteiger partial charge in [0, 0.05) is 6.54 Å². The van der Waals surface area contributed by atoms with Crippen molar-refractivity contribution >= 4 is 33.0 Å². The summed E-state index contributed by atoms with van der Waals surface area (Å²) in [5, 5.41) is 0.395. The number of hydrogen-bond acceptors (Lipinski definition) is 3. The van der Waals surface area contributed by atoms with Crippen LogP contribution < -0.4 is 10.0 Å². The number of rotatable bonds is 1. The van der Waals surface area contributed by atoms with Crippen molar-refractivity contribution in [2.45, 2.75) is 19.8 Å². The largest absolute Gasteiger partial charge is 0.398 e. The van der Waals surface area contributed by atoms with Gasteiger partial charge in [0.05, 0.1) is 22.2 Å². The minimum atomic E-state index is -3.19. The first-order valence-corrected chi connectivity index (χ1v) is 7.46. The maximum absolute atomic E-state index is 12.0. The van der Waals surface area contributed by atoms with Gasteiger partial charge in [0.25, 0.3) is 0 Å². The molecule has 1 heterocycles. The highest BCUT2D eigenvalue weighted by molar-refractivity contribution is 7.92. The van der Waals surface area contributed by atoms with E-state index in [1.807, 2.05) is 6.92 Å². The molecule has 1 fully saturated rings. The van der Waals surface area contributed by atoms with Gasteiger partial charge in [0.15, 0.2) is 0 Å². The highest BCUT2D eigenvalue weighted by atomic mass is 35.5. The fraction of sp³-hybridized carbons (Fsp3) is 0.455. The Bertz CT molecular complexity index is 543.